The Balaban J connectivity index is 2.17. The fourth-order valence-corrected chi connectivity index (χ4v) is 2.74. The normalized spacial score (nSPS) is 12.5. The molecule has 2 rings (SSSR count). The van der Waals surface area contributed by atoms with Gasteiger partial charge in [0.15, 0.2) is 0 Å². The van der Waals surface area contributed by atoms with Crippen LogP contribution in [-0.4, -0.2) is 23.0 Å². The molecule has 1 atom stereocenters. The van der Waals surface area contributed by atoms with Crippen molar-refractivity contribution in [3.8, 4) is 0 Å². The zero-order chi connectivity index (χ0) is 19.5. The van der Waals surface area contributed by atoms with Crippen LogP contribution in [-0.2, 0) is 17.4 Å². The Labute approximate surface area is 156 Å². The number of hydrogen-bond acceptors (Lipinski definition) is 2. The fourth-order valence-electron chi connectivity index (χ4n) is 2.18. The van der Waals surface area contributed by atoms with Crippen LogP contribution in [0.25, 0.3) is 0 Å². The van der Waals surface area contributed by atoms with E-state index in [1.807, 2.05) is 0 Å². The standard InChI is InChI=1S/C17H12Cl2F3NO3/c18-12-2-1-3-13(19)11(12)8-14(16(25)26)23-15(24)9-4-6-10(7-5-9)17(20,21)22/h1-7,14H,8H2,(H,23,24)(H,25,26)/t14-/m1/s1. The van der Waals surface area contributed by atoms with Crippen LogP contribution in [0, 0.1) is 0 Å². The van der Waals surface area contributed by atoms with E-state index in [1.54, 1.807) is 6.07 Å². The first kappa shape index (κ1) is 20.1. The highest BCUT2D eigenvalue weighted by molar-refractivity contribution is 6.36. The number of aliphatic carboxylic acids is 1. The number of carboxylic acids is 1. The minimum Gasteiger partial charge on any atom is -0.480 e. The van der Waals surface area contributed by atoms with E-state index in [0.29, 0.717) is 5.56 Å². The molecule has 0 spiro atoms. The van der Waals surface area contributed by atoms with Crippen LogP contribution in [0.2, 0.25) is 10.0 Å². The molecule has 0 heterocycles. The number of benzene rings is 2. The summed E-state index contributed by atoms with van der Waals surface area (Å²) in [5.41, 5.74) is -0.669. The molecule has 2 aromatic carbocycles. The van der Waals surface area contributed by atoms with Crippen molar-refractivity contribution in [2.45, 2.75) is 18.6 Å². The van der Waals surface area contributed by atoms with Gasteiger partial charge in [0, 0.05) is 22.0 Å². The highest BCUT2D eigenvalue weighted by atomic mass is 35.5. The second-order valence-corrected chi connectivity index (χ2v) is 6.16. The third-order valence-corrected chi connectivity index (χ3v) is 4.26. The molecule has 0 aromatic heterocycles. The molecule has 0 fully saturated rings. The van der Waals surface area contributed by atoms with Gasteiger partial charge in [-0.25, -0.2) is 4.79 Å². The van der Waals surface area contributed by atoms with Crippen LogP contribution in [0.15, 0.2) is 42.5 Å². The molecule has 2 N–H and O–H groups in total. The summed E-state index contributed by atoms with van der Waals surface area (Å²) in [6, 6.07) is 6.72. The molecule has 0 aliphatic carbocycles. The zero-order valence-electron chi connectivity index (χ0n) is 13.0. The summed E-state index contributed by atoms with van der Waals surface area (Å²) in [6.45, 7) is 0. The third kappa shape index (κ3) is 4.89. The number of rotatable bonds is 5. The molecular formula is C17H12Cl2F3NO3. The average molecular weight is 406 g/mol. The zero-order valence-corrected chi connectivity index (χ0v) is 14.5. The molecule has 9 heteroatoms. The Morgan fingerprint density at radius 2 is 1.58 bits per heavy atom. The van der Waals surface area contributed by atoms with Gasteiger partial charge in [0.05, 0.1) is 5.56 Å². The predicted molar refractivity (Wildman–Crippen MR) is 90.5 cm³/mol. The molecule has 26 heavy (non-hydrogen) atoms. The Kier molecular flexibility index (Phi) is 6.15. The lowest BCUT2D eigenvalue weighted by atomic mass is 10.0. The van der Waals surface area contributed by atoms with Crippen LogP contribution in [0.4, 0.5) is 13.2 Å². The lowest BCUT2D eigenvalue weighted by Gasteiger charge is -2.16. The minimum absolute atomic E-state index is 0.102. The van der Waals surface area contributed by atoms with Crippen LogP contribution in [0.5, 0.6) is 0 Å². The first-order valence-corrected chi connectivity index (χ1v) is 7.99. The third-order valence-electron chi connectivity index (χ3n) is 3.55. The van der Waals surface area contributed by atoms with Gasteiger partial charge >= 0.3 is 12.1 Å². The smallest absolute Gasteiger partial charge is 0.416 e. The maximum atomic E-state index is 12.6. The molecule has 138 valence electrons. The van der Waals surface area contributed by atoms with Crippen LogP contribution in [0.1, 0.15) is 21.5 Å². The Hall–Kier alpha value is -2.25. The quantitative estimate of drug-likeness (QED) is 0.772. The molecule has 0 aliphatic rings. The summed E-state index contributed by atoms with van der Waals surface area (Å²) in [7, 11) is 0. The predicted octanol–water partition coefficient (Wildman–Crippen LogP) is 4.44. The SMILES string of the molecule is O=C(N[C@H](Cc1c(Cl)cccc1Cl)C(=O)O)c1ccc(C(F)(F)F)cc1. The van der Waals surface area contributed by atoms with Gasteiger partial charge in [0.25, 0.3) is 5.91 Å². The van der Waals surface area contributed by atoms with Gasteiger partial charge in [-0.2, -0.15) is 13.2 Å². The molecule has 0 aliphatic heterocycles. The molecule has 4 nitrogen and oxygen atoms in total. The number of hydrogen-bond donors (Lipinski definition) is 2. The Bertz CT molecular complexity index is 803. The molecule has 1 amide bonds. The van der Waals surface area contributed by atoms with Crippen molar-refractivity contribution in [1.29, 1.82) is 0 Å². The summed E-state index contributed by atoms with van der Waals surface area (Å²) in [5, 5.41) is 12.1. The molecule has 0 saturated carbocycles. The van der Waals surface area contributed by atoms with Crippen molar-refractivity contribution in [2.75, 3.05) is 0 Å². The average Bonchev–Trinajstić information content (AvgIpc) is 2.56. The van der Waals surface area contributed by atoms with E-state index in [2.05, 4.69) is 5.32 Å². The number of nitrogens with one attached hydrogen (secondary N) is 1. The van der Waals surface area contributed by atoms with E-state index in [0.717, 1.165) is 24.3 Å². The lowest BCUT2D eigenvalue weighted by Crippen LogP contribution is -2.42. The number of carboxylic acid groups (broad SMARTS) is 1. The van der Waals surface area contributed by atoms with E-state index in [4.69, 9.17) is 23.2 Å². The number of carbonyl (C=O) groups is 2. The molecule has 0 unspecified atom stereocenters. The molecule has 0 bridgehead atoms. The van der Waals surface area contributed by atoms with E-state index < -0.39 is 29.7 Å². The van der Waals surface area contributed by atoms with Gasteiger partial charge in [-0.3, -0.25) is 4.79 Å². The summed E-state index contributed by atoms with van der Waals surface area (Å²) in [5.74, 6) is -2.16. The van der Waals surface area contributed by atoms with Gasteiger partial charge in [0.1, 0.15) is 6.04 Å². The van der Waals surface area contributed by atoms with E-state index in [1.165, 1.54) is 12.1 Å². The molecular weight excluding hydrogens is 394 g/mol. The highest BCUT2D eigenvalue weighted by Crippen LogP contribution is 2.29. The van der Waals surface area contributed by atoms with Crippen molar-refractivity contribution in [2.24, 2.45) is 0 Å². The summed E-state index contributed by atoms with van der Waals surface area (Å²) in [4.78, 5) is 23.6. The van der Waals surface area contributed by atoms with Crippen LogP contribution in [0.3, 0.4) is 0 Å². The van der Waals surface area contributed by atoms with Crippen molar-refractivity contribution in [3.63, 3.8) is 0 Å². The topological polar surface area (TPSA) is 66.4 Å². The van der Waals surface area contributed by atoms with E-state index in [-0.39, 0.29) is 22.0 Å². The maximum absolute atomic E-state index is 12.6. The lowest BCUT2D eigenvalue weighted by molar-refractivity contribution is -0.139. The molecule has 0 radical (unpaired) electrons. The number of amides is 1. The Morgan fingerprint density at radius 1 is 1.04 bits per heavy atom. The number of alkyl halides is 3. The van der Waals surface area contributed by atoms with Crippen molar-refractivity contribution in [1.82, 2.24) is 5.32 Å². The number of carbonyl (C=O) groups excluding carboxylic acids is 1. The summed E-state index contributed by atoms with van der Waals surface area (Å²) in [6.07, 6.45) is -4.71. The van der Waals surface area contributed by atoms with Crippen LogP contribution < -0.4 is 5.32 Å². The van der Waals surface area contributed by atoms with Crippen molar-refractivity contribution in [3.05, 3.63) is 69.2 Å². The van der Waals surface area contributed by atoms with Crippen molar-refractivity contribution >= 4 is 35.1 Å². The van der Waals surface area contributed by atoms with Gasteiger partial charge < -0.3 is 10.4 Å². The van der Waals surface area contributed by atoms with Crippen molar-refractivity contribution < 1.29 is 27.9 Å². The van der Waals surface area contributed by atoms with Crippen LogP contribution >= 0.6 is 23.2 Å². The molecule has 0 saturated heterocycles. The van der Waals surface area contributed by atoms with E-state index in [9.17, 15) is 27.9 Å². The second kappa shape index (κ2) is 7.97. The summed E-state index contributed by atoms with van der Waals surface area (Å²) < 4.78 is 37.7. The second-order valence-electron chi connectivity index (χ2n) is 5.34. The largest absolute Gasteiger partial charge is 0.480 e. The summed E-state index contributed by atoms with van der Waals surface area (Å²) >= 11 is 12.0. The highest BCUT2D eigenvalue weighted by Gasteiger charge is 2.30. The van der Waals surface area contributed by atoms with E-state index >= 15 is 0 Å². The fraction of sp³-hybridized carbons (Fsp3) is 0.176. The van der Waals surface area contributed by atoms with Gasteiger partial charge in [-0.05, 0) is 42.0 Å². The first-order chi connectivity index (χ1) is 12.1. The van der Waals surface area contributed by atoms with Gasteiger partial charge in [0.2, 0.25) is 0 Å². The van der Waals surface area contributed by atoms with Gasteiger partial charge in [-0.1, -0.05) is 29.3 Å². The van der Waals surface area contributed by atoms with Gasteiger partial charge in [-0.15, -0.1) is 0 Å². The minimum atomic E-state index is -4.53. The monoisotopic (exact) mass is 405 g/mol. The Morgan fingerprint density at radius 3 is 2.04 bits per heavy atom. The first-order valence-electron chi connectivity index (χ1n) is 7.23. The number of halogens is 5. The maximum Gasteiger partial charge on any atom is 0.416 e. The molecule has 2 aromatic rings.